The molecular weight excluding hydrogens is 265 g/mol. The Labute approximate surface area is 101 Å². The highest BCUT2D eigenvalue weighted by Gasteiger charge is 2.02. The Morgan fingerprint density at radius 2 is 2.07 bits per heavy atom. The van der Waals surface area contributed by atoms with Crippen molar-refractivity contribution in [3.05, 3.63) is 28.2 Å². The molecule has 0 unspecified atom stereocenters. The van der Waals surface area contributed by atoms with E-state index in [0.717, 1.165) is 16.8 Å². The highest BCUT2D eigenvalue weighted by Crippen LogP contribution is 2.26. The zero-order valence-electron chi connectivity index (χ0n) is 6.89. The second-order valence-corrected chi connectivity index (χ2v) is 4.30. The predicted molar refractivity (Wildman–Crippen MR) is 61.2 cm³/mol. The zero-order valence-corrected chi connectivity index (χ0v) is 9.97. The fourth-order valence-corrected chi connectivity index (χ4v) is 1.81. The Kier molecular flexibility index (Phi) is 4.89. The van der Waals surface area contributed by atoms with Gasteiger partial charge in [-0.25, -0.2) is 0 Å². The number of rotatable bonds is 3. The van der Waals surface area contributed by atoms with Gasteiger partial charge in [-0.05, 0) is 30.1 Å². The van der Waals surface area contributed by atoms with E-state index in [0.29, 0.717) is 10.0 Å². The number of carbonyl (C=O) groups is 1. The van der Waals surface area contributed by atoms with E-state index in [1.807, 2.05) is 0 Å². The van der Waals surface area contributed by atoms with Crippen LogP contribution in [-0.4, -0.2) is 11.8 Å². The van der Waals surface area contributed by atoms with Crippen LogP contribution in [0.25, 0.3) is 0 Å². The van der Waals surface area contributed by atoms with Crippen LogP contribution in [0.4, 0.5) is 0 Å². The van der Waals surface area contributed by atoms with Crippen LogP contribution in [0.15, 0.2) is 23.1 Å². The molecule has 0 saturated heterocycles. The molecule has 0 aliphatic rings. The number of carbonyl (C=O) groups excluding carboxylic acids is 1. The minimum atomic E-state index is -0.247. The van der Waals surface area contributed by atoms with E-state index >= 15 is 0 Å². The fourth-order valence-electron chi connectivity index (χ4n) is 0.683. The van der Waals surface area contributed by atoms with Gasteiger partial charge in [0.1, 0.15) is 5.88 Å². The molecular formula is C8H6Cl3NOS. The number of benzene rings is 1. The van der Waals surface area contributed by atoms with Crippen LogP contribution in [0.5, 0.6) is 0 Å². The minimum absolute atomic E-state index is 0.0612. The van der Waals surface area contributed by atoms with Crippen molar-refractivity contribution in [3.8, 4) is 0 Å². The Balaban J connectivity index is 2.60. The average Bonchev–Trinajstić information content (AvgIpc) is 2.19. The second kappa shape index (κ2) is 5.71. The van der Waals surface area contributed by atoms with E-state index < -0.39 is 0 Å². The van der Waals surface area contributed by atoms with Gasteiger partial charge in [0.05, 0.1) is 10.0 Å². The molecule has 6 heteroatoms. The van der Waals surface area contributed by atoms with E-state index in [4.69, 9.17) is 34.8 Å². The summed E-state index contributed by atoms with van der Waals surface area (Å²) < 4.78 is 2.54. The van der Waals surface area contributed by atoms with Crippen LogP contribution in [0, 0.1) is 0 Å². The van der Waals surface area contributed by atoms with Crippen molar-refractivity contribution < 1.29 is 4.79 Å². The molecule has 0 radical (unpaired) electrons. The summed E-state index contributed by atoms with van der Waals surface area (Å²) in [5.74, 6) is -0.309. The molecule has 76 valence electrons. The summed E-state index contributed by atoms with van der Waals surface area (Å²) in [7, 11) is 0. The van der Waals surface area contributed by atoms with Crippen molar-refractivity contribution in [2.45, 2.75) is 4.90 Å². The molecule has 0 bridgehead atoms. The van der Waals surface area contributed by atoms with Gasteiger partial charge < -0.3 is 0 Å². The van der Waals surface area contributed by atoms with Gasteiger partial charge in [-0.3, -0.25) is 9.52 Å². The molecule has 0 atom stereocenters. The third-order valence-corrected chi connectivity index (χ3v) is 3.10. The quantitative estimate of drug-likeness (QED) is 0.674. The number of halogens is 3. The van der Waals surface area contributed by atoms with Crippen molar-refractivity contribution in [2.24, 2.45) is 0 Å². The number of alkyl halides is 1. The van der Waals surface area contributed by atoms with Gasteiger partial charge in [0.2, 0.25) is 5.91 Å². The highest BCUT2D eigenvalue weighted by atomic mass is 35.5. The van der Waals surface area contributed by atoms with Gasteiger partial charge >= 0.3 is 0 Å². The molecule has 14 heavy (non-hydrogen) atoms. The summed E-state index contributed by atoms with van der Waals surface area (Å²) in [6.45, 7) is 0. The highest BCUT2D eigenvalue weighted by molar-refractivity contribution is 7.98. The van der Waals surface area contributed by atoms with E-state index in [2.05, 4.69) is 4.72 Å². The largest absolute Gasteiger partial charge is 0.295 e. The number of hydrogen-bond acceptors (Lipinski definition) is 2. The van der Waals surface area contributed by atoms with Gasteiger partial charge in [-0.15, -0.1) is 11.6 Å². The van der Waals surface area contributed by atoms with Gasteiger partial charge in [-0.2, -0.15) is 0 Å². The molecule has 1 N–H and O–H groups in total. The van der Waals surface area contributed by atoms with Crippen LogP contribution >= 0.6 is 46.8 Å². The van der Waals surface area contributed by atoms with Gasteiger partial charge in [0.25, 0.3) is 0 Å². The van der Waals surface area contributed by atoms with Gasteiger partial charge in [0, 0.05) is 4.90 Å². The zero-order chi connectivity index (χ0) is 10.6. The molecule has 0 aromatic heterocycles. The van der Waals surface area contributed by atoms with Crippen molar-refractivity contribution in [1.29, 1.82) is 0 Å². The normalized spacial score (nSPS) is 9.93. The summed E-state index contributed by atoms with van der Waals surface area (Å²) in [5, 5.41) is 0.941. The smallest absolute Gasteiger partial charge is 0.244 e. The molecule has 2 nitrogen and oxygen atoms in total. The topological polar surface area (TPSA) is 29.1 Å². The molecule has 0 aliphatic heterocycles. The lowest BCUT2D eigenvalue weighted by atomic mass is 10.4. The summed E-state index contributed by atoms with van der Waals surface area (Å²) in [5.41, 5.74) is 0. The summed E-state index contributed by atoms with van der Waals surface area (Å²) in [4.78, 5) is 11.6. The van der Waals surface area contributed by atoms with Crippen molar-refractivity contribution in [1.82, 2.24) is 4.72 Å². The van der Waals surface area contributed by atoms with Crippen LogP contribution in [0.3, 0.4) is 0 Å². The van der Waals surface area contributed by atoms with Crippen LogP contribution in [0.1, 0.15) is 0 Å². The molecule has 0 fully saturated rings. The maximum absolute atomic E-state index is 10.8. The van der Waals surface area contributed by atoms with Crippen molar-refractivity contribution >= 4 is 52.7 Å². The summed E-state index contributed by atoms with van der Waals surface area (Å²) >= 11 is 18.0. The minimum Gasteiger partial charge on any atom is -0.295 e. The van der Waals surface area contributed by atoms with Crippen LogP contribution in [0.2, 0.25) is 10.0 Å². The first-order valence-electron chi connectivity index (χ1n) is 3.60. The molecule has 0 heterocycles. The van der Waals surface area contributed by atoms with Crippen LogP contribution < -0.4 is 4.72 Å². The van der Waals surface area contributed by atoms with Gasteiger partial charge in [0.15, 0.2) is 0 Å². The molecule has 1 aromatic carbocycles. The predicted octanol–water partition coefficient (Wildman–Crippen LogP) is 3.36. The maximum Gasteiger partial charge on any atom is 0.244 e. The van der Waals surface area contributed by atoms with E-state index in [-0.39, 0.29) is 11.8 Å². The van der Waals surface area contributed by atoms with Gasteiger partial charge in [-0.1, -0.05) is 23.2 Å². The first kappa shape index (κ1) is 12.0. The lowest BCUT2D eigenvalue weighted by Crippen LogP contribution is -2.16. The van der Waals surface area contributed by atoms with Crippen LogP contribution in [-0.2, 0) is 4.79 Å². The SMILES string of the molecule is O=C(CCl)NSc1ccc(Cl)c(Cl)c1. The van der Waals surface area contributed by atoms with Crippen molar-refractivity contribution in [3.63, 3.8) is 0 Å². The van der Waals surface area contributed by atoms with E-state index in [1.165, 1.54) is 0 Å². The lowest BCUT2D eigenvalue weighted by Gasteiger charge is -2.02. The number of amides is 1. The van der Waals surface area contributed by atoms with E-state index in [9.17, 15) is 4.79 Å². The molecule has 0 aliphatic carbocycles. The Morgan fingerprint density at radius 1 is 1.36 bits per heavy atom. The lowest BCUT2D eigenvalue weighted by molar-refractivity contribution is -0.116. The average molecular weight is 271 g/mol. The maximum atomic E-state index is 10.8. The first-order chi connectivity index (χ1) is 6.63. The molecule has 1 rings (SSSR count). The summed E-state index contributed by atoms with van der Waals surface area (Å²) in [6.07, 6.45) is 0. The molecule has 1 amide bonds. The summed E-state index contributed by atoms with van der Waals surface area (Å²) in [6, 6.07) is 5.09. The van der Waals surface area contributed by atoms with Crippen molar-refractivity contribution in [2.75, 3.05) is 5.88 Å². The monoisotopic (exact) mass is 269 g/mol. The second-order valence-electron chi connectivity index (χ2n) is 2.34. The number of nitrogens with one attached hydrogen (secondary N) is 1. The third kappa shape index (κ3) is 3.58. The first-order valence-corrected chi connectivity index (χ1v) is 5.71. The molecule has 0 saturated carbocycles. The number of hydrogen-bond donors (Lipinski definition) is 1. The van der Waals surface area contributed by atoms with E-state index in [1.54, 1.807) is 18.2 Å². The molecule has 0 spiro atoms. The third-order valence-electron chi connectivity index (χ3n) is 1.30. The Hall–Kier alpha value is -0.0900. The Morgan fingerprint density at radius 3 is 2.64 bits per heavy atom. The fraction of sp³-hybridized carbons (Fsp3) is 0.125. The standard InChI is InChI=1S/C8H6Cl3NOS/c9-4-8(13)12-14-5-1-2-6(10)7(11)3-5/h1-3H,4H2,(H,12,13). The molecule has 1 aromatic rings. The Bertz CT molecular complexity index is 345.